The Kier molecular flexibility index (Phi) is 5.35. The van der Waals surface area contributed by atoms with Crippen molar-refractivity contribution in [3.05, 3.63) is 89.8 Å². The Bertz CT molecular complexity index is 1280. The van der Waals surface area contributed by atoms with Crippen LogP contribution in [0.1, 0.15) is 10.4 Å². The maximum Gasteiger partial charge on any atom is 0.335 e. The van der Waals surface area contributed by atoms with Crippen molar-refractivity contribution in [1.29, 1.82) is 0 Å². The van der Waals surface area contributed by atoms with Crippen LogP contribution in [0.3, 0.4) is 0 Å². The number of thiazole rings is 1. The van der Waals surface area contributed by atoms with E-state index in [0.29, 0.717) is 5.69 Å². The maximum absolute atomic E-state index is 12.5. The molecular formula is C22H16N2O4S2. The van der Waals surface area contributed by atoms with Crippen LogP contribution >= 0.6 is 11.3 Å². The third kappa shape index (κ3) is 4.24. The molecule has 8 heteroatoms. The molecule has 0 unspecified atom stereocenters. The van der Waals surface area contributed by atoms with Gasteiger partial charge >= 0.3 is 5.97 Å². The Morgan fingerprint density at radius 3 is 2.17 bits per heavy atom. The van der Waals surface area contributed by atoms with E-state index in [1.165, 1.54) is 24.3 Å². The van der Waals surface area contributed by atoms with E-state index in [4.69, 9.17) is 5.11 Å². The first kappa shape index (κ1) is 19.8. The summed E-state index contributed by atoms with van der Waals surface area (Å²) in [6, 6.07) is 21.9. The van der Waals surface area contributed by atoms with E-state index in [9.17, 15) is 13.2 Å². The monoisotopic (exact) mass is 436 g/mol. The van der Waals surface area contributed by atoms with E-state index in [-0.39, 0.29) is 10.5 Å². The van der Waals surface area contributed by atoms with Gasteiger partial charge in [0, 0.05) is 22.2 Å². The predicted octanol–water partition coefficient (Wildman–Crippen LogP) is 4.98. The van der Waals surface area contributed by atoms with Gasteiger partial charge in [-0.2, -0.15) is 0 Å². The zero-order valence-corrected chi connectivity index (χ0v) is 17.2. The largest absolute Gasteiger partial charge is 0.478 e. The summed E-state index contributed by atoms with van der Waals surface area (Å²) in [5.74, 6) is -1.11. The number of hydrogen-bond donors (Lipinski definition) is 2. The Labute approximate surface area is 177 Å². The number of benzene rings is 3. The fourth-order valence-electron chi connectivity index (χ4n) is 2.82. The maximum atomic E-state index is 12.5. The van der Waals surface area contributed by atoms with Gasteiger partial charge in [-0.25, -0.2) is 18.2 Å². The second-order valence-corrected chi connectivity index (χ2v) is 8.96. The van der Waals surface area contributed by atoms with Crippen molar-refractivity contribution in [2.75, 3.05) is 4.72 Å². The van der Waals surface area contributed by atoms with Crippen molar-refractivity contribution in [2.45, 2.75) is 4.90 Å². The quantitative estimate of drug-likeness (QED) is 0.445. The molecule has 0 bridgehead atoms. The molecule has 0 aliphatic heterocycles. The van der Waals surface area contributed by atoms with E-state index in [0.717, 1.165) is 21.8 Å². The lowest BCUT2D eigenvalue weighted by Crippen LogP contribution is -2.13. The van der Waals surface area contributed by atoms with Gasteiger partial charge in [-0.05, 0) is 36.4 Å². The first-order valence-electron chi connectivity index (χ1n) is 8.90. The number of aromatic nitrogens is 1. The van der Waals surface area contributed by atoms with Gasteiger partial charge in [0.15, 0.2) is 0 Å². The molecule has 0 fully saturated rings. The summed E-state index contributed by atoms with van der Waals surface area (Å²) in [6.07, 6.45) is 0. The SMILES string of the molecule is O=C(O)c1ccc(S(=O)(=O)Nc2ccc(-c3csc(-c4ccccc4)n3)cc2)cc1. The summed E-state index contributed by atoms with van der Waals surface area (Å²) in [7, 11) is -3.82. The topological polar surface area (TPSA) is 96.4 Å². The van der Waals surface area contributed by atoms with E-state index in [2.05, 4.69) is 9.71 Å². The third-order valence-corrected chi connectivity index (χ3v) is 6.66. The van der Waals surface area contributed by atoms with Crippen LogP contribution in [0.2, 0.25) is 0 Å². The lowest BCUT2D eigenvalue weighted by Gasteiger charge is -2.09. The highest BCUT2D eigenvalue weighted by Gasteiger charge is 2.15. The molecule has 0 aliphatic rings. The van der Waals surface area contributed by atoms with E-state index >= 15 is 0 Å². The van der Waals surface area contributed by atoms with Crippen LogP contribution in [0.15, 0.2) is 89.1 Å². The molecule has 6 nitrogen and oxygen atoms in total. The van der Waals surface area contributed by atoms with E-state index < -0.39 is 16.0 Å². The number of anilines is 1. The number of carbonyl (C=O) groups is 1. The van der Waals surface area contributed by atoms with Gasteiger partial charge in [-0.1, -0.05) is 42.5 Å². The first-order chi connectivity index (χ1) is 14.4. The molecule has 0 spiro atoms. The summed E-state index contributed by atoms with van der Waals surface area (Å²) < 4.78 is 27.6. The second kappa shape index (κ2) is 8.10. The molecule has 0 radical (unpaired) electrons. The number of rotatable bonds is 6. The number of carboxylic acids is 1. The Morgan fingerprint density at radius 1 is 0.867 bits per heavy atom. The number of carboxylic acid groups (broad SMARTS) is 1. The average Bonchev–Trinajstić information content (AvgIpc) is 3.25. The fraction of sp³-hybridized carbons (Fsp3) is 0. The minimum atomic E-state index is -3.82. The Balaban J connectivity index is 1.51. The lowest BCUT2D eigenvalue weighted by atomic mass is 10.1. The minimum Gasteiger partial charge on any atom is -0.478 e. The highest BCUT2D eigenvalue weighted by atomic mass is 32.2. The van der Waals surface area contributed by atoms with Crippen LogP contribution in [-0.2, 0) is 10.0 Å². The van der Waals surface area contributed by atoms with Crippen LogP contribution in [-0.4, -0.2) is 24.5 Å². The van der Waals surface area contributed by atoms with Crippen LogP contribution in [0, 0.1) is 0 Å². The van der Waals surface area contributed by atoms with Crippen molar-refractivity contribution in [1.82, 2.24) is 4.98 Å². The average molecular weight is 437 g/mol. The van der Waals surface area contributed by atoms with E-state index in [1.54, 1.807) is 35.6 Å². The van der Waals surface area contributed by atoms with Gasteiger partial charge in [-0.3, -0.25) is 4.72 Å². The molecule has 0 atom stereocenters. The molecule has 4 aromatic rings. The first-order valence-corrected chi connectivity index (χ1v) is 11.3. The number of nitrogens with zero attached hydrogens (tertiary/aromatic N) is 1. The number of aromatic carboxylic acids is 1. The standard InChI is InChI=1S/C22H16N2O4S2/c25-22(26)17-8-12-19(13-9-17)30(27,28)24-18-10-6-15(7-11-18)20-14-29-21(23-20)16-4-2-1-3-5-16/h1-14,24H,(H,25,26). The van der Waals surface area contributed by atoms with Crippen LogP contribution in [0.25, 0.3) is 21.8 Å². The summed E-state index contributed by atoms with van der Waals surface area (Å²) in [5, 5.41) is 11.8. The lowest BCUT2D eigenvalue weighted by molar-refractivity contribution is 0.0696. The molecule has 2 N–H and O–H groups in total. The zero-order valence-electron chi connectivity index (χ0n) is 15.5. The van der Waals surface area contributed by atoms with Gasteiger partial charge in [0.2, 0.25) is 0 Å². The highest BCUT2D eigenvalue weighted by Crippen LogP contribution is 2.29. The molecule has 150 valence electrons. The molecule has 0 amide bonds. The van der Waals surface area contributed by atoms with Gasteiger partial charge < -0.3 is 5.11 Å². The van der Waals surface area contributed by atoms with Gasteiger partial charge in [-0.15, -0.1) is 11.3 Å². The van der Waals surface area contributed by atoms with Crippen molar-refractivity contribution in [3.8, 4) is 21.8 Å². The number of nitrogens with one attached hydrogen (secondary N) is 1. The summed E-state index contributed by atoms with van der Waals surface area (Å²) in [6.45, 7) is 0. The molecular weight excluding hydrogens is 420 g/mol. The Hall–Kier alpha value is -3.49. The van der Waals surface area contributed by atoms with Crippen LogP contribution in [0.5, 0.6) is 0 Å². The molecule has 1 aromatic heterocycles. The smallest absolute Gasteiger partial charge is 0.335 e. The molecule has 4 rings (SSSR count). The fourth-order valence-corrected chi connectivity index (χ4v) is 4.71. The third-order valence-electron chi connectivity index (χ3n) is 4.37. The van der Waals surface area contributed by atoms with E-state index in [1.807, 2.05) is 35.7 Å². The van der Waals surface area contributed by atoms with Gasteiger partial charge in [0.25, 0.3) is 10.0 Å². The number of sulfonamides is 1. The summed E-state index contributed by atoms with van der Waals surface area (Å²) >= 11 is 1.55. The molecule has 3 aromatic carbocycles. The van der Waals surface area contributed by atoms with Crippen molar-refractivity contribution >= 4 is 33.0 Å². The van der Waals surface area contributed by atoms with Crippen LogP contribution in [0.4, 0.5) is 5.69 Å². The molecule has 0 saturated heterocycles. The van der Waals surface area contributed by atoms with Crippen molar-refractivity contribution in [3.63, 3.8) is 0 Å². The zero-order chi connectivity index (χ0) is 21.1. The van der Waals surface area contributed by atoms with Crippen molar-refractivity contribution in [2.24, 2.45) is 0 Å². The summed E-state index contributed by atoms with van der Waals surface area (Å²) in [5.41, 5.74) is 3.17. The highest BCUT2D eigenvalue weighted by molar-refractivity contribution is 7.92. The second-order valence-electron chi connectivity index (χ2n) is 6.42. The minimum absolute atomic E-state index is 0.0106. The summed E-state index contributed by atoms with van der Waals surface area (Å²) in [4.78, 5) is 15.6. The molecule has 0 aliphatic carbocycles. The molecule has 1 heterocycles. The van der Waals surface area contributed by atoms with Gasteiger partial charge in [0.1, 0.15) is 5.01 Å². The molecule has 30 heavy (non-hydrogen) atoms. The van der Waals surface area contributed by atoms with Gasteiger partial charge in [0.05, 0.1) is 16.2 Å². The normalized spacial score (nSPS) is 11.2. The van der Waals surface area contributed by atoms with Crippen molar-refractivity contribution < 1.29 is 18.3 Å². The number of hydrogen-bond acceptors (Lipinski definition) is 5. The molecule has 0 saturated carbocycles. The van der Waals surface area contributed by atoms with Crippen LogP contribution < -0.4 is 4.72 Å². The Morgan fingerprint density at radius 2 is 1.53 bits per heavy atom. The predicted molar refractivity (Wildman–Crippen MR) is 117 cm³/mol.